The Bertz CT molecular complexity index is 298. The van der Waals surface area contributed by atoms with Gasteiger partial charge >= 0.3 is 7.82 Å². The summed E-state index contributed by atoms with van der Waals surface area (Å²) in [5.74, 6) is 0. The number of rotatable bonds is 15. The van der Waals surface area contributed by atoms with Gasteiger partial charge in [0.05, 0.1) is 6.61 Å². The summed E-state index contributed by atoms with van der Waals surface area (Å²) in [7, 11) is -4.64. The largest absolute Gasteiger partial charge is 0.466 e. The van der Waals surface area contributed by atoms with Gasteiger partial charge in [0.1, 0.15) is 6.26 Å². The minimum atomic E-state index is -4.64. The van der Waals surface area contributed by atoms with Crippen molar-refractivity contribution in [3.8, 4) is 0 Å². The monoisotopic (exact) mass is 372 g/mol. The summed E-state index contributed by atoms with van der Waals surface area (Å²) in [6, 6.07) is 0. The lowest BCUT2D eigenvalue weighted by atomic mass is 10.1. The fraction of sp³-hybridized carbons (Fsp3) is 0.867. The Morgan fingerprint density at radius 2 is 1.29 bits per heavy atom. The Kier molecular flexibility index (Phi) is 22.1. The number of hydrogen-bond acceptors (Lipinski definition) is 5. The standard InChI is InChI=1S/C15H30O4.H3O4P/c1-3-5-6-7-8-9-10-11-12-13-15-17-19-18-16-14-4-2;1-5(2,3)4/h4,14H,3,5-13,15H2,1-2H3;(H3,1,2,3,4). The summed E-state index contributed by atoms with van der Waals surface area (Å²) in [6.07, 6.45) is 16.1. The van der Waals surface area contributed by atoms with Crippen LogP contribution in [0.25, 0.3) is 0 Å². The Morgan fingerprint density at radius 3 is 1.75 bits per heavy atom. The van der Waals surface area contributed by atoms with Crippen molar-refractivity contribution in [1.82, 2.24) is 0 Å². The second kappa shape index (κ2) is 20.6. The molecule has 0 aliphatic heterocycles. The quantitative estimate of drug-likeness (QED) is 0.128. The SMILES string of the molecule is CC=COOOOCCCCCCCCCCCC.O=P(O)(O)O. The molecule has 0 aromatic carbocycles. The van der Waals surface area contributed by atoms with E-state index in [-0.39, 0.29) is 0 Å². The molecule has 9 heteroatoms. The molecule has 3 N–H and O–H groups in total. The van der Waals surface area contributed by atoms with Crippen LogP contribution < -0.4 is 0 Å². The molecule has 0 radical (unpaired) electrons. The van der Waals surface area contributed by atoms with Crippen molar-refractivity contribution in [3.05, 3.63) is 12.3 Å². The number of phosphoric acid groups is 1. The van der Waals surface area contributed by atoms with E-state index in [9.17, 15) is 0 Å². The van der Waals surface area contributed by atoms with Gasteiger partial charge in [0.15, 0.2) is 0 Å². The summed E-state index contributed by atoms with van der Waals surface area (Å²) >= 11 is 0. The molecule has 0 atom stereocenters. The van der Waals surface area contributed by atoms with E-state index in [0.29, 0.717) is 6.61 Å². The van der Waals surface area contributed by atoms with Crippen molar-refractivity contribution in [2.75, 3.05) is 6.61 Å². The number of hydrogen-bond donors (Lipinski definition) is 3. The van der Waals surface area contributed by atoms with E-state index >= 15 is 0 Å². The fourth-order valence-electron chi connectivity index (χ4n) is 1.80. The third-order valence-corrected chi connectivity index (χ3v) is 2.89. The van der Waals surface area contributed by atoms with Gasteiger partial charge in [0.25, 0.3) is 0 Å². The lowest BCUT2D eigenvalue weighted by Crippen LogP contribution is -1.97. The molecule has 24 heavy (non-hydrogen) atoms. The molecule has 0 bridgehead atoms. The molecule has 0 saturated carbocycles. The Balaban J connectivity index is 0. The number of allylic oxidation sites excluding steroid dienone is 1. The molecule has 0 fully saturated rings. The lowest BCUT2D eigenvalue weighted by molar-refractivity contribution is -0.621. The second-order valence-electron chi connectivity index (χ2n) is 5.22. The minimum absolute atomic E-state index is 0.537. The number of unbranched alkanes of at least 4 members (excludes halogenated alkanes) is 9. The highest BCUT2D eigenvalue weighted by molar-refractivity contribution is 7.45. The van der Waals surface area contributed by atoms with E-state index in [1.165, 1.54) is 64.0 Å². The Labute approximate surface area is 144 Å². The van der Waals surface area contributed by atoms with Gasteiger partial charge in [0.2, 0.25) is 0 Å². The van der Waals surface area contributed by atoms with E-state index < -0.39 is 7.82 Å². The third kappa shape index (κ3) is 37.6. The molecular weight excluding hydrogens is 339 g/mol. The van der Waals surface area contributed by atoms with Crippen LogP contribution >= 0.6 is 7.82 Å². The Hall–Kier alpha value is -0.470. The van der Waals surface area contributed by atoms with Crippen molar-refractivity contribution in [2.45, 2.75) is 78.1 Å². The van der Waals surface area contributed by atoms with Crippen molar-refractivity contribution in [3.63, 3.8) is 0 Å². The zero-order valence-electron chi connectivity index (χ0n) is 14.8. The van der Waals surface area contributed by atoms with E-state index in [0.717, 1.165) is 6.42 Å². The van der Waals surface area contributed by atoms with E-state index in [1.807, 2.05) is 6.92 Å². The molecule has 0 amide bonds. The van der Waals surface area contributed by atoms with Crippen LogP contribution in [0.2, 0.25) is 0 Å². The zero-order valence-corrected chi connectivity index (χ0v) is 15.7. The normalized spacial score (nSPS) is 11.4. The van der Waals surface area contributed by atoms with Gasteiger partial charge in [-0.1, -0.05) is 64.7 Å². The summed E-state index contributed by atoms with van der Waals surface area (Å²) in [6.45, 7) is 4.60. The van der Waals surface area contributed by atoms with Gasteiger partial charge in [-0.3, -0.25) is 0 Å². The lowest BCUT2D eigenvalue weighted by Gasteiger charge is -2.02. The minimum Gasteiger partial charge on any atom is -0.314 e. The molecule has 8 nitrogen and oxygen atoms in total. The highest BCUT2D eigenvalue weighted by atomic mass is 31.2. The highest BCUT2D eigenvalue weighted by Crippen LogP contribution is 2.25. The second-order valence-corrected chi connectivity index (χ2v) is 6.25. The molecular formula is C15H33O8P. The fourth-order valence-corrected chi connectivity index (χ4v) is 1.80. The molecule has 0 heterocycles. The van der Waals surface area contributed by atoms with Crippen LogP contribution in [0.3, 0.4) is 0 Å². The summed E-state index contributed by atoms with van der Waals surface area (Å²) in [5, 5.41) is 8.60. The molecule has 146 valence electrons. The van der Waals surface area contributed by atoms with Crippen LogP contribution in [0.15, 0.2) is 12.3 Å². The van der Waals surface area contributed by atoms with Crippen LogP contribution in [-0.4, -0.2) is 21.3 Å². The average molecular weight is 372 g/mol. The first-order chi connectivity index (χ1) is 11.4. The van der Waals surface area contributed by atoms with Crippen LogP contribution in [-0.2, 0) is 24.4 Å². The van der Waals surface area contributed by atoms with E-state index in [2.05, 4.69) is 21.9 Å². The predicted molar refractivity (Wildman–Crippen MR) is 90.1 cm³/mol. The predicted octanol–water partition coefficient (Wildman–Crippen LogP) is 4.32. The van der Waals surface area contributed by atoms with Crippen molar-refractivity contribution in [2.24, 2.45) is 0 Å². The van der Waals surface area contributed by atoms with Crippen molar-refractivity contribution in [1.29, 1.82) is 0 Å². The average Bonchev–Trinajstić information content (AvgIpc) is 2.49. The topological polar surface area (TPSA) is 115 Å². The van der Waals surface area contributed by atoms with Crippen molar-refractivity contribution < 1.29 is 39.1 Å². The molecule has 0 spiro atoms. The van der Waals surface area contributed by atoms with E-state index in [4.69, 9.17) is 24.1 Å². The van der Waals surface area contributed by atoms with Gasteiger partial charge in [-0.25, -0.2) is 9.45 Å². The van der Waals surface area contributed by atoms with Gasteiger partial charge in [-0.05, 0) is 24.5 Å². The molecule has 0 aromatic heterocycles. The van der Waals surface area contributed by atoms with Gasteiger partial charge in [-0.15, -0.1) is 0 Å². The smallest absolute Gasteiger partial charge is 0.314 e. The summed E-state index contributed by atoms with van der Waals surface area (Å²) < 4.78 is 8.88. The van der Waals surface area contributed by atoms with Gasteiger partial charge in [-0.2, -0.15) is 0 Å². The van der Waals surface area contributed by atoms with Crippen molar-refractivity contribution >= 4 is 7.82 Å². The Morgan fingerprint density at radius 1 is 0.833 bits per heavy atom. The van der Waals surface area contributed by atoms with Crippen LogP contribution in [0.4, 0.5) is 0 Å². The molecule has 0 aromatic rings. The maximum Gasteiger partial charge on any atom is 0.466 e. The summed E-state index contributed by atoms with van der Waals surface area (Å²) in [4.78, 5) is 30.8. The first-order valence-electron chi connectivity index (χ1n) is 8.42. The van der Waals surface area contributed by atoms with E-state index in [1.54, 1.807) is 6.08 Å². The maximum atomic E-state index is 8.88. The van der Waals surface area contributed by atoms with Gasteiger partial charge < -0.3 is 19.6 Å². The molecule has 0 rings (SSSR count). The molecule has 0 unspecified atom stereocenters. The van der Waals surface area contributed by atoms with Crippen LogP contribution in [0, 0.1) is 0 Å². The third-order valence-electron chi connectivity index (χ3n) is 2.89. The highest BCUT2D eigenvalue weighted by Gasteiger charge is 2.00. The molecule has 0 aliphatic rings. The first-order valence-corrected chi connectivity index (χ1v) is 9.99. The zero-order chi connectivity index (χ0) is 18.5. The van der Waals surface area contributed by atoms with Crippen LogP contribution in [0.1, 0.15) is 78.1 Å². The van der Waals surface area contributed by atoms with Gasteiger partial charge in [0, 0.05) is 5.04 Å². The first kappa shape index (κ1) is 25.8. The molecule has 0 saturated heterocycles. The van der Waals surface area contributed by atoms with Crippen LogP contribution in [0.5, 0.6) is 0 Å². The maximum absolute atomic E-state index is 8.88. The summed E-state index contributed by atoms with van der Waals surface area (Å²) in [5.41, 5.74) is 0. The molecule has 0 aliphatic carbocycles.